The number of hydrogen-bond acceptors (Lipinski definition) is 8. The molecule has 4 aliphatic rings. The van der Waals surface area contributed by atoms with E-state index in [2.05, 4.69) is 44.0 Å². The lowest BCUT2D eigenvalue weighted by molar-refractivity contribution is -0.0323. The highest BCUT2D eigenvalue weighted by molar-refractivity contribution is 5.94. The Morgan fingerprint density at radius 1 is 1.20 bits per heavy atom. The maximum Gasteiger partial charge on any atom is 0.328 e. The van der Waals surface area contributed by atoms with Gasteiger partial charge >= 0.3 is 6.03 Å². The molecule has 2 saturated heterocycles. The highest BCUT2D eigenvalue weighted by Crippen LogP contribution is 2.42. The van der Waals surface area contributed by atoms with Gasteiger partial charge in [0.2, 0.25) is 0 Å². The largest absolute Gasteiger partial charge is 0.386 e. The molecule has 3 fully saturated rings. The summed E-state index contributed by atoms with van der Waals surface area (Å²) in [6, 6.07) is 8.17. The van der Waals surface area contributed by atoms with Crippen LogP contribution in [0.3, 0.4) is 0 Å². The fraction of sp³-hybridized carbons (Fsp3) is 0.480. The predicted octanol–water partition coefficient (Wildman–Crippen LogP) is 3.06. The first-order valence-electron chi connectivity index (χ1n) is 12.3. The predicted molar refractivity (Wildman–Crippen MR) is 132 cm³/mol. The van der Waals surface area contributed by atoms with E-state index in [0.717, 1.165) is 62.5 Å². The number of rotatable bonds is 2. The van der Waals surface area contributed by atoms with Gasteiger partial charge in [-0.3, -0.25) is 0 Å². The quantitative estimate of drug-likeness (QED) is 0.519. The van der Waals surface area contributed by atoms with Crippen LogP contribution < -0.4 is 20.9 Å². The monoisotopic (exact) mass is 475 g/mol. The molecule has 0 radical (unpaired) electrons. The summed E-state index contributed by atoms with van der Waals surface area (Å²) in [4.78, 5) is 24.7. The number of benzene rings is 1. The second-order valence-electron chi connectivity index (χ2n) is 10.2. The molecule has 2 aromatic heterocycles. The van der Waals surface area contributed by atoms with E-state index in [4.69, 9.17) is 14.5 Å². The zero-order valence-electron chi connectivity index (χ0n) is 19.7. The molecule has 10 heteroatoms. The van der Waals surface area contributed by atoms with Crippen LogP contribution in [-0.4, -0.2) is 66.1 Å². The number of nitrogens with one attached hydrogen (secondary N) is 3. The third kappa shape index (κ3) is 3.51. The van der Waals surface area contributed by atoms with Gasteiger partial charge in [0.15, 0.2) is 5.65 Å². The summed E-state index contributed by atoms with van der Waals surface area (Å²) in [5, 5.41) is 9.76. The number of pyridine rings is 1. The Hall–Kier alpha value is -3.37. The van der Waals surface area contributed by atoms with Crippen LogP contribution >= 0.6 is 0 Å². The molecule has 1 aliphatic carbocycles. The van der Waals surface area contributed by atoms with Crippen molar-refractivity contribution < 1.29 is 14.3 Å². The van der Waals surface area contributed by atoms with Gasteiger partial charge in [-0.05, 0) is 43.0 Å². The summed E-state index contributed by atoms with van der Waals surface area (Å²) in [6.45, 7) is 4.25. The van der Waals surface area contributed by atoms with E-state index < -0.39 is 0 Å². The lowest BCUT2D eigenvalue weighted by atomic mass is 9.79. The topological polar surface area (TPSA) is 106 Å². The van der Waals surface area contributed by atoms with Gasteiger partial charge in [-0.1, -0.05) is 0 Å². The fourth-order valence-corrected chi connectivity index (χ4v) is 5.66. The minimum Gasteiger partial charge on any atom is -0.386 e. The molecule has 182 valence electrons. The van der Waals surface area contributed by atoms with Gasteiger partial charge in [0.25, 0.3) is 0 Å². The average molecular weight is 476 g/mol. The van der Waals surface area contributed by atoms with Crippen molar-refractivity contribution in [3.63, 3.8) is 0 Å². The van der Waals surface area contributed by atoms with Crippen molar-refractivity contribution in [3.8, 4) is 0 Å². The van der Waals surface area contributed by atoms with Crippen molar-refractivity contribution in [3.05, 3.63) is 36.2 Å². The van der Waals surface area contributed by atoms with Crippen LogP contribution in [-0.2, 0) is 16.1 Å². The third-order valence-electron chi connectivity index (χ3n) is 7.83. The molecular weight excluding hydrogens is 446 g/mol. The van der Waals surface area contributed by atoms with Crippen LogP contribution in [0.25, 0.3) is 11.2 Å². The van der Waals surface area contributed by atoms with Crippen LogP contribution in [0.4, 0.5) is 27.7 Å². The molecule has 35 heavy (non-hydrogen) atoms. The molecule has 10 nitrogen and oxygen atoms in total. The number of anilines is 4. The Balaban J connectivity index is 1.29. The van der Waals surface area contributed by atoms with Gasteiger partial charge in [0.1, 0.15) is 17.7 Å². The molecule has 0 unspecified atom stereocenters. The Labute approximate surface area is 203 Å². The normalized spacial score (nSPS) is 24.8. The van der Waals surface area contributed by atoms with Gasteiger partial charge in [-0.25, -0.2) is 19.3 Å². The van der Waals surface area contributed by atoms with Crippen LogP contribution in [0, 0.1) is 5.41 Å². The van der Waals surface area contributed by atoms with Crippen LogP contribution in [0.1, 0.15) is 24.8 Å². The summed E-state index contributed by atoms with van der Waals surface area (Å²) in [7, 11) is 1.84. The van der Waals surface area contributed by atoms with Crippen molar-refractivity contribution in [1.29, 1.82) is 0 Å². The summed E-state index contributed by atoms with van der Waals surface area (Å²) in [6.07, 6.45) is 4.49. The highest BCUT2D eigenvalue weighted by Gasteiger charge is 2.46. The lowest BCUT2D eigenvalue weighted by Crippen LogP contribution is -2.57. The lowest BCUT2D eigenvalue weighted by Gasteiger charge is -2.48. The van der Waals surface area contributed by atoms with Crippen molar-refractivity contribution in [2.75, 3.05) is 48.9 Å². The van der Waals surface area contributed by atoms with E-state index in [1.165, 1.54) is 16.6 Å². The minimum absolute atomic E-state index is 0.00366. The van der Waals surface area contributed by atoms with Gasteiger partial charge in [0.05, 0.1) is 31.0 Å². The number of aromatic nitrogens is 3. The standard InChI is InChI=1S/C25H29N7O3/c1-26-19-9-21-28-16-6-15(7-17(8-16)31-11-25(12-31)4-5-34-13-25)10-35-20-3-2-18(20)29-24(33)32-14-27-22(19)23(32)30-21/h6-9,14,18,20H,2-5,10-13H2,1H3,(H,29,33)(H2,26,28,30)/t18-,20-/m1/s1. The molecule has 2 atom stereocenters. The molecule has 1 spiro atoms. The molecular formula is C25H29N7O3. The fourth-order valence-electron chi connectivity index (χ4n) is 5.66. The SMILES string of the molecule is CNc1cc2nc3c1ncn3C(=O)N[C@@H]1CC[C@H]1OCc1cc(cc(N3CC4(CCOC4)C3)c1)N2. The number of carbonyl (C=O) groups is 1. The Morgan fingerprint density at radius 2 is 2.11 bits per heavy atom. The second-order valence-corrected chi connectivity index (χ2v) is 10.2. The number of hydrogen-bond donors (Lipinski definition) is 3. The first kappa shape index (κ1) is 21.0. The number of ether oxygens (including phenoxy) is 2. The first-order valence-corrected chi connectivity index (χ1v) is 12.3. The van der Waals surface area contributed by atoms with E-state index in [1.54, 1.807) is 0 Å². The summed E-state index contributed by atoms with van der Waals surface area (Å²) >= 11 is 0. The molecule has 3 N–H and O–H groups in total. The molecule has 3 aliphatic heterocycles. The Kier molecular flexibility index (Phi) is 4.68. The summed E-state index contributed by atoms with van der Waals surface area (Å²) in [5.41, 5.74) is 5.49. The van der Waals surface area contributed by atoms with Crippen LogP contribution in [0.2, 0.25) is 0 Å². The molecule has 5 heterocycles. The van der Waals surface area contributed by atoms with Gasteiger partial charge in [-0.2, -0.15) is 0 Å². The third-order valence-corrected chi connectivity index (χ3v) is 7.83. The van der Waals surface area contributed by atoms with Crippen molar-refractivity contribution in [2.24, 2.45) is 5.41 Å². The number of imidazole rings is 1. The van der Waals surface area contributed by atoms with E-state index in [9.17, 15) is 4.79 Å². The van der Waals surface area contributed by atoms with Crippen molar-refractivity contribution in [2.45, 2.75) is 38.0 Å². The van der Waals surface area contributed by atoms with Crippen molar-refractivity contribution in [1.82, 2.24) is 19.9 Å². The zero-order chi connectivity index (χ0) is 23.6. The number of carbonyl (C=O) groups excluding carboxylic acids is 1. The smallest absolute Gasteiger partial charge is 0.328 e. The molecule has 4 bridgehead atoms. The van der Waals surface area contributed by atoms with Gasteiger partial charge in [0, 0.05) is 49.6 Å². The summed E-state index contributed by atoms with van der Waals surface area (Å²) < 4.78 is 13.4. The van der Waals surface area contributed by atoms with E-state index in [-0.39, 0.29) is 18.2 Å². The maximum atomic E-state index is 13.0. The Bertz CT molecular complexity index is 1310. The maximum absolute atomic E-state index is 13.0. The molecule has 1 amide bonds. The number of amides is 1. The van der Waals surface area contributed by atoms with E-state index in [1.807, 2.05) is 13.1 Å². The average Bonchev–Trinajstić information content (AvgIpc) is 3.47. The molecule has 3 aromatic rings. The second kappa shape index (κ2) is 7.82. The van der Waals surface area contributed by atoms with Gasteiger partial charge < -0.3 is 30.3 Å². The van der Waals surface area contributed by atoms with E-state index in [0.29, 0.717) is 29.0 Å². The van der Waals surface area contributed by atoms with Crippen LogP contribution in [0.5, 0.6) is 0 Å². The minimum atomic E-state index is -0.238. The Morgan fingerprint density at radius 3 is 2.89 bits per heavy atom. The molecule has 1 aromatic carbocycles. The van der Waals surface area contributed by atoms with E-state index >= 15 is 0 Å². The van der Waals surface area contributed by atoms with Gasteiger partial charge in [-0.15, -0.1) is 0 Å². The number of fused-ring (bicyclic) bond motifs is 4. The highest BCUT2D eigenvalue weighted by atomic mass is 16.5. The number of nitrogens with zero attached hydrogens (tertiary/aromatic N) is 4. The summed E-state index contributed by atoms with van der Waals surface area (Å²) in [5.74, 6) is 0.642. The zero-order valence-corrected chi connectivity index (χ0v) is 19.7. The van der Waals surface area contributed by atoms with Crippen LogP contribution in [0.15, 0.2) is 30.6 Å². The molecule has 1 saturated carbocycles. The first-order chi connectivity index (χ1) is 17.1. The van der Waals surface area contributed by atoms with Crippen molar-refractivity contribution >= 4 is 40.1 Å². The molecule has 7 rings (SSSR count).